The summed E-state index contributed by atoms with van der Waals surface area (Å²) in [5.41, 5.74) is 5.19. The van der Waals surface area contributed by atoms with Gasteiger partial charge in [0.25, 0.3) is 11.8 Å². The normalized spacial score (nSPS) is 15.4. The summed E-state index contributed by atoms with van der Waals surface area (Å²) in [6, 6.07) is 20.8. The molecule has 2 amide bonds. The van der Waals surface area contributed by atoms with Gasteiger partial charge in [-0.25, -0.2) is 4.90 Å². The molecule has 2 aliphatic heterocycles. The highest BCUT2D eigenvalue weighted by atomic mass is 16.5. The number of anilines is 2. The molecule has 3 aromatic rings. The molecule has 0 saturated heterocycles. The van der Waals surface area contributed by atoms with Gasteiger partial charge in [0.15, 0.2) is 11.5 Å². The van der Waals surface area contributed by atoms with Gasteiger partial charge in [-0.3, -0.25) is 9.59 Å². The second-order valence-corrected chi connectivity index (χ2v) is 8.10. The van der Waals surface area contributed by atoms with Gasteiger partial charge in [0.1, 0.15) is 5.70 Å². The molecule has 0 aromatic heterocycles. The van der Waals surface area contributed by atoms with E-state index in [2.05, 4.69) is 6.07 Å². The SMILES string of the molecule is COc1ccc(N2C(=O)C(c3ccc(C)cc3)=C(N3CCc4ccccc43)C2=O)cc1OC. The number of hydrogen-bond donors (Lipinski definition) is 0. The Morgan fingerprint density at radius 1 is 0.818 bits per heavy atom. The van der Waals surface area contributed by atoms with Gasteiger partial charge in [0, 0.05) is 18.3 Å². The van der Waals surface area contributed by atoms with Gasteiger partial charge in [0.2, 0.25) is 0 Å². The highest BCUT2D eigenvalue weighted by Crippen LogP contribution is 2.41. The van der Waals surface area contributed by atoms with Gasteiger partial charge in [-0.15, -0.1) is 0 Å². The Hall–Kier alpha value is -4.06. The first-order chi connectivity index (χ1) is 16.0. The fraction of sp³-hybridized carbons (Fsp3) is 0.185. The van der Waals surface area contributed by atoms with Crippen molar-refractivity contribution in [2.75, 3.05) is 30.6 Å². The largest absolute Gasteiger partial charge is 0.493 e. The molecule has 0 N–H and O–H groups in total. The van der Waals surface area contributed by atoms with Crippen molar-refractivity contribution in [2.24, 2.45) is 0 Å². The maximum Gasteiger partial charge on any atom is 0.282 e. The van der Waals surface area contributed by atoms with E-state index in [1.165, 1.54) is 12.0 Å². The third-order valence-electron chi connectivity index (χ3n) is 6.18. The molecule has 33 heavy (non-hydrogen) atoms. The van der Waals surface area contributed by atoms with Gasteiger partial charge in [0.05, 0.1) is 25.5 Å². The number of fused-ring (bicyclic) bond motifs is 1. The molecule has 0 unspecified atom stereocenters. The van der Waals surface area contributed by atoms with Crippen LogP contribution in [0.25, 0.3) is 5.57 Å². The molecule has 166 valence electrons. The van der Waals surface area contributed by atoms with Crippen LogP contribution in [0.5, 0.6) is 11.5 Å². The summed E-state index contributed by atoms with van der Waals surface area (Å²) in [5.74, 6) is 0.281. The third kappa shape index (κ3) is 3.35. The Bertz CT molecular complexity index is 1290. The van der Waals surface area contributed by atoms with Crippen molar-refractivity contribution in [3.8, 4) is 11.5 Å². The first kappa shape index (κ1) is 20.8. The van der Waals surface area contributed by atoms with E-state index >= 15 is 0 Å². The molecule has 0 atom stereocenters. The molecule has 5 rings (SSSR count). The van der Waals surface area contributed by atoms with E-state index in [0.29, 0.717) is 35.0 Å². The number of hydrogen-bond acceptors (Lipinski definition) is 5. The second-order valence-electron chi connectivity index (χ2n) is 8.10. The maximum absolute atomic E-state index is 13.9. The van der Waals surface area contributed by atoms with Crippen LogP contribution < -0.4 is 19.3 Å². The molecule has 0 spiro atoms. The zero-order valence-electron chi connectivity index (χ0n) is 18.8. The zero-order chi connectivity index (χ0) is 23.1. The number of amides is 2. The summed E-state index contributed by atoms with van der Waals surface area (Å²) in [6.07, 6.45) is 0.818. The summed E-state index contributed by atoms with van der Waals surface area (Å²) in [7, 11) is 3.07. The van der Waals surface area contributed by atoms with Crippen molar-refractivity contribution in [3.63, 3.8) is 0 Å². The van der Waals surface area contributed by atoms with Gasteiger partial charge in [-0.1, -0.05) is 48.0 Å². The molecule has 0 radical (unpaired) electrons. The van der Waals surface area contributed by atoms with Gasteiger partial charge in [-0.05, 0) is 42.7 Å². The Morgan fingerprint density at radius 2 is 1.55 bits per heavy atom. The molecule has 3 aromatic carbocycles. The van der Waals surface area contributed by atoms with Gasteiger partial charge in [-0.2, -0.15) is 0 Å². The fourth-order valence-electron chi connectivity index (χ4n) is 4.52. The van der Waals surface area contributed by atoms with Crippen molar-refractivity contribution in [1.82, 2.24) is 0 Å². The van der Waals surface area contributed by atoms with Crippen molar-refractivity contribution in [2.45, 2.75) is 13.3 Å². The van der Waals surface area contributed by atoms with E-state index in [0.717, 1.165) is 28.8 Å². The van der Waals surface area contributed by atoms with Crippen LogP contribution in [0.4, 0.5) is 11.4 Å². The quantitative estimate of drug-likeness (QED) is 0.552. The summed E-state index contributed by atoms with van der Waals surface area (Å²) < 4.78 is 10.7. The number of ether oxygens (including phenoxy) is 2. The minimum Gasteiger partial charge on any atom is -0.493 e. The minimum absolute atomic E-state index is 0.348. The highest BCUT2D eigenvalue weighted by molar-refractivity contribution is 6.46. The topological polar surface area (TPSA) is 59.1 Å². The second kappa shape index (κ2) is 8.13. The predicted octanol–water partition coefficient (Wildman–Crippen LogP) is 4.36. The molecule has 6 heteroatoms. The lowest BCUT2D eigenvalue weighted by Gasteiger charge is -2.22. The number of rotatable bonds is 5. The lowest BCUT2D eigenvalue weighted by Crippen LogP contribution is -2.34. The van der Waals surface area contributed by atoms with E-state index < -0.39 is 0 Å². The van der Waals surface area contributed by atoms with E-state index in [4.69, 9.17) is 9.47 Å². The number of carbonyl (C=O) groups is 2. The number of para-hydroxylation sites is 1. The van der Waals surface area contributed by atoms with Crippen LogP contribution in [0, 0.1) is 6.92 Å². The van der Waals surface area contributed by atoms with Crippen LogP contribution >= 0.6 is 0 Å². The van der Waals surface area contributed by atoms with E-state index in [1.807, 2.05) is 54.3 Å². The Morgan fingerprint density at radius 3 is 2.27 bits per heavy atom. The van der Waals surface area contributed by atoms with E-state index in [-0.39, 0.29) is 11.8 Å². The van der Waals surface area contributed by atoms with Crippen LogP contribution in [0.15, 0.2) is 72.4 Å². The molecule has 2 heterocycles. The highest BCUT2D eigenvalue weighted by Gasteiger charge is 2.44. The van der Waals surface area contributed by atoms with E-state index in [9.17, 15) is 9.59 Å². The lowest BCUT2D eigenvalue weighted by atomic mass is 10.0. The average Bonchev–Trinajstić information content (AvgIpc) is 3.37. The monoisotopic (exact) mass is 440 g/mol. The fourth-order valence-corrected chi connectivity index (χ4v) is 4.52. The zero-order valence-corrected chi connectivity index (χ0v) is 18.8. The lowest BCUT2D eigenvalue weighted by molar-refractivity contribution is -0.120. The Labute approximate surface area is 192 Å². The van der Waals surface area contributed by atoms with E-state index in [1.54, 1.807) is 25.3 Å². The van der Waals surface area contributed by atoms with Crippen LogP contribution in [-0.4, -0.2) is 32.6 Å². The first-order valence-corrected chi connectivity index (χ1v) is 10.8. The molecule has 0 fully saturated rings. The van der Waals surface area contributed by atoms with Crippen molar-refractivity contribution in [3.05, 3.63) is 89.1 Å². The number of nitrogens with zero attached hydrogens (tertiary/aromatic N) is 2. The molecule has 0 saturated carbocycles. The van der Waals surface area contributed by atoms with Gasteiger partial charge >= 0.3 is 0 Å². The number of methoxy groups -OCH3 is 2. The number of imide groups is 1. The van der Waals surface area contributed by atoms with Crippen LogP contribution in [0.1, 0.15) is 16.7 Å². The van der Waals surface area contributed by atoms with Crippen LogP contribution in [-0.2, 0) is 16.0 Å². The Kier molecular flexibility index (Phi) is 5.13. The van der Waals surface area contributed by atoms with Gasteiger partial charge < -0.3 is 14.4 Å². The molecule has 0 bridgehead atoms. The van der Waals surface area contributed by atoms with Crippen LogP contribution in [0.2, 0.25) is 0 Å². The standard InChI is InChI=1S/C27H24N2O4/c1-17-8-10-19(11-9-17)24-25(28-15-14-18-6-4-5-7-21(18)28)27(31)29(26(24)30)20-12-13-22(32-2)23(16-20)33-3/h4-13,16H,14-15H2,1-3H3. The van der Waals surface area contributed by atoms with Crippen molar-refractivity contribution in [1.29, 1.82) is 0 Å². The Balaban J connectivity index is 1.66. The molecule has 2 aliphatic rings. The summed E-state index contributed by atoms with van der Waals surface area (Å²) in [5, 5.41) is 0. The number of benzene rings is 3. The average molecular weight is 440 g/mol. The number of aryl methyl sites for hydroxylation is 1. The molecular weight excluding hydrogens is 416 g/mol. The summed E-state index contributed by atoms with van der Waals surface area (Å²) >= 11 is 0. The third-order valence-corrected chi connectivity index (χ3v) is 6.18. The number of carbonyl (C=O) groups excluding carboxylic acids is 2. The summed E-state index contributed by atoms with van der Waals surface area (Å²) in [6.45, 7) is 2.64. The predicted molar refractivity (Wildman–Crippen MR) is 128 cm³/mol. The van der Waals surface area contributed by atoms with Crippen LogP contribution in [0.3, 0.4) is 0 Å². The smallest absolute Gasteiger partial charge is 0.282 e. The minimum atomic E-state index is -0.351. The maximum atomic E-state index is 13.9. The summed E-state index contributed by atoms with van der Waals surface area (Å²) in [4.78, 5) is 30.8. The molecule has 6 nitrogen and oxygen atoms in total. The van der Waals surface area contributed by atoms with Crippen molar-refractivity contribution < 1.29 is 19.1 Å². The first-order valence-electron chi connectivity index (χ1n) is 10.8. The van der Waals surface area contributed by atoms with Crippen molar-refractivity contribution >= 4 is 28.8 Å². The molecular formula is C27H24N2O4. The molecule has 0 aliphatic carbocycles.